The average Bonchev–Trinajstić information content (AvgIpc) is 1.97. The Balaban J connectivity index is 3.17. The van der Waals surface area contributed by atoms with Crippen molar-refractivity contribution in [3.05, 3.63) is 0 Å². The highest BCUT2D eigenvalue weighted by atomic mass is 16.5. The minimum Gasteiger partial charge on any atom is -0.394 e. The summed E-state index contributed by atoms with van der Waals surface area (Å²) in [5.41, 5.74) is 5.01. The summed E-state index contributed by atoms with van der Waals surface area (Å²) in [5, 5.41) is 8.32. The van der Waals surface area contributed by atoms with Crippen molar-refractivity contribution < 1.29 is 14.6 Å². The number of hydrogen-bond donors (Lipinski definition) is 2. The highest BCUT2D eigenvalue weighted by Gasteiger charge is 2.06. The van der Waals surface area contributed by atoms with E-state index in [-0.39, 0.29) is 18.4 Å². The molecule has 0 radical (unpaired) electrons. The van der Waals surface area contributed by atoms with E-state index in [1.54, 1.807) is 6.92 Å². The van der Waals surface area contributed by atoms with Crippen LogP contribution < -0.4 is 5.73 Å². The van der Waals surface area contributed by atoms with Gasteiger partial charge in [-0.3, -0.25) is 4.79 Å². The number of aliphatic hydroxyl groups is 1. The molecule has 0 saturated carbocycles. The van der Waals surface area contributed by atoms with Crippen LogP contribution in [-0.2, 0) is 9.53 Å². The second-order valence-electron chi connectivity index (χ2n) is 2.43. The van der Waals surface area contributed by atoms with E-state index < -0.39 is 0 Å². The maximum atomic E-state index is 10.5. The van der Waals surface area contributed by atoms with Gasteiger partial charge >= 0.3 is 0 Å². The fourth-order valence-corrected chi connectivity index (χ4v) is 0.569. The van der Waals surface area contributed by atoms with E-state index in [0.29, 0.717) is 19.6 Å². The third-order valence-corrected chi connectivity index (χ3v) is 1.42. The first-order valence-corrected chi connectivity index (χ1v) is 3.66. The molecule has 0 aromatic carbocycles. The largest absolute Gasteiger partial charge is 0.394 e. The third-order valence-electron chi connectivity index (χ3n) is 1.42. The molecule has 0 fully saturated rings. The normalized spacial score (nSPS) is 12.9. The van der Waals surface area contributed by atoms with Gasteiger partial charge in [-0.05, 0) is 6.42 Å². The van der Waals surface area contributed by atoms with Gasteiger partial charge in [0.2, 0.25) is 5.91 Å². The molecular weight excluding hydrogens is 146 g/mol. The summed E-state index contributed by atoms with van der Waals surface area (Å²) in [5.74, 6) is -0.453. The van der Waals surface area contributed by atoms with Gasteiger partial charge in [-0.1, -0.05) is 6.92 Å². The lowest BCUT2D eigenvalue weighted by Gasteiger charge is -2.06. The van der Waals surface area contributed by atoms with Crippen molar-refractivity contribution in [2.45, 2.75) is 13.3 Å². The average molecular weight is 161 g/mol. The summed E-state index contributed by atoms with van der Waals surface area (Å²) in [6, 6.07) is 0. The molecular formula is C7H15NO3. The van der Waals surface area contributed by atoms with Gasteiger partial charge in [-0.15, -0.1) is 0 Å². The third kappa shape index (κ3) is 5.82. The number of primary amides is 1. The molecule has 4 nitrogen and oxygen atoms in total. The molecule has 0 spiro atoms. The van der Waals surface area contributed by atoms with Crippen LogP contribution in [0.5, 0.6) is 0 Å². The van der Waals surface area contributed by atoms with Crippen molar-refractivity contribution in [3.63, 3.8) is 0 Å². The van der Waals surface area contributed by atoms with Crippen LogP contribution in [0.25, 0.3) is 0 Å². The number of hydrogen-bond acceptors (Lipinski definition) is 3. The minimum atomic E-state index is -0.308. The molecule has 0 saturated heterocycles. The zero-order valence-corrected chi connectivity index (χ0v) is 6.75. The van der Waals surface area contributed by atoms with E-state index >= 15 is 0 Å². The number of carbonyl (C=O) groups is 1. The second kappa shape index (κ2) is 6.12. The number of aliphatic hydroxyl groups excluding tert-OH is 1. The lowest BCUT2D eigenvalue weighted by molar-refractivity contribution is -0.121. The molecule has 0 aromatic rings. The molecule has 0 bridgehead atoms. The fourth-order valence-electron chi connectivity index (χ4n) is 0.569. The SMILES string of the molecule is CC(CCOCCO)C(N)=O. The van der Waals surface area contributed by atoms with E-state index in [4.69, 9.17) is 15.6 Å². The summed E-state index contributed by atoms with van der Waals surface area (Å²) >= 11 is 0. The van der Waals surface area contributed by atoms with Crippen LogP contribution in [0.15, 0.2) is 0 Å². The first-order valence-electron chi connectivity index (χ1n) is 3.66. The van der Waals surface area contributed by atoms with Crippen LogP contribution in [0.1, 0.15) is 13.3 Å². The molecule has 0 heterocycles. The van der Waals surface area contributed by atoms with Crippen molar-refractivity contribution in [3.8, 4) is 0 Å². The Morgan fingerprint density at radius 2 is 2.27 bits per heavy atom. The molecule has 1 atom stereocenters. The summed E-state index contributed by atoms with van der Waals surface area (Å²) in [6.45, 7) is 2.58. The maximum Gasteiger partial charge on any atom is 0.220 e. The number of amides is 1. The number of nitrogens with two attached hydrogens (primary N) is 1. The zero-order valence-electron chi connectivity index (χ0n) is 6.75. The molecule has 0 aromatic heterocycles. The van der Waals surface area contributed by atoms with Gasteiger partial charge in [0, 0.05) is 12.5 Å². The molecule has 0 rings (SSSR count). The first kappa shape index (κ1) is 10.4. The molecule has 4 heteroatoms. The number of carbonyl (C=O) groups excluding carboxylic acids is 1. The van der Waals surface area contributed by atoms with E-state index in [2.05, 4.69) is 0 Å². The number of rotatable bonds is 6. The van der Waals surface area contributed by atoms with E-state index in [0.717, 1.165) is 0 Å². The standard InChI is InChI=1S/C7H15NO3/c1-6(7(8)10)2-4-11-5-3-9/h6,9H,2-5H2,1H3,(H2,8,10). The highest BCUT2D eigenvalue weighted by molar-refractivity contribution is 5.76. The minimum absolute atomic E-state index is 0.0188. The zero-order chi connectivity index (χ0) is 8.69. The van der Waals surface area contributed by atoms with Gasteiger partial charge in [0.25, 0.3) is 0 Å². The van der Waals surface area contributed by atoms with Crippen molar-refractivity contribution >= 4 is 5.91 Å². The Labute approximate surface area is 66.3 Å². The predicted octanol–water partition coefficient (Wildman–Crippen LogP) is -0.493. The van der Waals surface area contributed by atoms with E-state index in [1.807, 2.05) is 0 Å². The highest BCUT2D eigenvalue weighted by Crippen LogP contribution is 1.99. The maximum absolute atomic E-state index is 10.5. The lowest BCUT2D eigenvalue weighted by Crippen LogP contribution is -2.21. The van der Waals surface area contributed by atoms with Crippen LogP contribution in [0, 0.1) is 5.92 Å². The summed E-state index contributed by atoms with van der Waals surface area (Å²) in [7, 11) is 0. The Morgan fingerprint density at radius 1 is 1.64 bits per heavy atom. The summed E-state index contributed by atoms with van der Waals surface area (Å²) in [6.07, 6.45) is 0.620. The Kier molecular flexibility index (Phi) is 5.78. The summed E-state index contributed by atoms with van der Waals surface area (Å²) < 4.78 is 4.95. The molecule has 1 unspecified atom stereocenters. The van der Waals surface area contributed by atoms with Gasteiger partial charge < -0.3 is 15.6 Å². The van der Waals surface area contributed by atoms with Gasteiger partial charge in [0.05, 0.1) is 13.2 Å². The second-order valence-corrected chi connectivity index (χ2v) is 2.43. The van der Waals surface area contributed by atoms with Gasteiger partial charge in [0.1, 0.15) is 0 Å². The molecule has 0 aliphatic heterocycles. The smallest absolute Gasteiger partial charge is 0.220 e. The Morgan fingerprint density at radius 3 is 2.73 bits per heavy atom. The molecule has 66 valence electrons. The molecule has 1 amide bonds. The van der Waals surface area contributed by atoms with Crippen LogP contribution in [0.2, 0.25) is 0 Å². The van der Waals surface area contributed by atoms with Gasteiger partial charge in [-0.25, -0.2) is 0 Å². The van der Waals surface area contributed by atoms with E-state index in [9.17, 15) is 4.79 Å². The monoisotopic (exact) mass is 161 g/mol. The van der Waals surface area contributed by atoms with Crippen molar-refractivity contribution in [1.82, 2.24) is 0 Å². The Bertz CT molecular complexity index is 116. The van der Waals surface area contributed by atoms with Crippen LogP contribution in [-0.4, -0.2) is 30.8 Å². The molecule has 11 heavy (non-hydrogen) atoms. The van der Waals surface area contributed by atoms with Gasteiger partial charge in [-0.2, -0.15) is 0 Å². The first-order chi connectivity index (χ1) is 5.18. The predicted molar refractivity (Wildman–Crippen MR) is 40.9 cm³/mol. The van der Waals surface area contributed by atoms with Crippen LogP contribution in [0.4, 0.5) is 0 Å². The van der Waals surface area contributed by atoms with Crippen LogP contribution >= 0.6 is 0 Å². The van der Waals surface area contributed by atoms with Crippen molar-refractivity contribution in [2.24, 2.45) is 11.7 Å². The fraction of sp³-hybridized carbons (Fsp3) is 0.857. The number of ether oxygens (including phenoxy) is 1. The van der Waals surface area contributed by atoms with Crippen molar-refractivity contribution in [2.75, 3.05) is 19.8 Å². The van der Waals surface area contributed by atoms with Gasteiger partial charge in [0.15, 0.2) is 0 Å². The quantitative estimate of drug-likeness (QED) is 0.516. The van der Waals surface area contributed by atoms with Crippen molar-refractivity contribution in [1.29, 1.82) is 0 Å². The Hall–Kier alpha value is -0.610. The lowest BCUT2D eigenvalue weighted by atomic mass is 10.1. The summed E-state index contributed by atoms with van der Waals surface area (Å²) in [4.78, 5) is 10.5. The molecule has 3 N–H and O–H groups in total. The topological polar surface area (TPSA) is 72.6 Å². The van der Waals surface area contributed by atoms with Crippen LogP contribution in [0.3, 0.4) is 0 Å². The molecule has 0 aliphatic rings. The molecule has 0 aliphatic carbocycles. The van der Waals surface area contributed by atoms with E-state index in [1.165, 1.54) is 0 Å².